The van der Waals surface area contributed by atoms with E-state index in [4.69, 9.17) is 4.52 Å². The minimum Gasteiger partial charge on any atom is -0.427 e. The van der Waals surface area contributed by atoms with Crippen LogP contribution in [0.3, 0.4) is 0 Å². The summed E-state index contributed by atoms with van der Waals surface area (Å²) in [6.07, 6.45) is 0. The van der Waals surface area contributed by atoms with Gasteiger partial charge in [0, 0.05) is 5.56 Å². The van der Waals surface area contributed by atoms with E-state index in [9.17, 15) is 9.79 Å². The van der Waals surface area contributed by atoms with Crippen LogP contribution in [0.15, 0.2) is 72.8 Å². The van der Waals surface area contributed by atoms with Crippen LogP contribution in [-0.4, -0.2) is 9.79 Å². The first-order chi connectivity index (χ1) is 12.1. The van der Waals surface area contributed by atoms with Crippen LogP contribution in [0.5, 0.6) is 5.75 Å². The van der Waals surface area contributed by atoms with Gasteiger partial charge >= 0.3 is 8.60 Å². The second kappa shape index (κ2) is 7.79. The third kappa shape index (κ3) is 3.91. The lowest BCUT2D eigenvalue weighted by atomic mass is 9.85. The van der Waals surface area contributed by atoms with Crippen molar-refractivity contribution in [2.75, 3.05) is 0 Å². The van der Waals surface area contributed by atoms with Crippen molar-refractivity contribution in [1.82, 2.24) is 0 Å². The third-order valence-electron chi connectivity index (χ3n) is 4.11. The number of benzene rings is 3. The molecule has 2 N–H and O–H groups in total. The van der Waals surface area contributed by atoms with E-state index in [0.29, 0.717) is 5.75 Å². The average Bonchev–Trinajstić information content (AvgIpc) is 2.62. The van der Waals surface area contributed by atoms with Gasteiger partial charge < -0.3 is 14.3 Å². The molecular weight excluding hydrogens is 331 g/mol. The van der Waals surface area contributed by atoms with Gasteiger partial charge in [0.1, 0.15) is 5.75 Å². The Labute approximate surface area is 149 Å². The van der Waals surface area contributed by atoms with E-state index < -0.39 is 8.60 Å². The summed E-state index contributed by atoms with van der Waals surface area (Å²) in [6.45, 7) is 4.17. The topological polar surface area (TPSA) is 49.7 Å². The van der Waals surface area contributed by atoms with Crippen molar-refractivity contribution < 1.29 is 14.3 Å². The van der Waals surface area contributed by atoms with Crippen LogP contribution in [0.4, 0.5) is 0 Å². The van der Waals surface area contributed by atoms with Gasteiger partial charge in [-0.25, -0.2) is 0 Å². The molecule has 0 radical (unpaired) electrons. The van der Waals surface area contributed by atoms with Crippen molar-refractivity contribution in [3.63, 3.8) is 0 Å². The minimum atomic E-state index is -2.46. The van der Waals surface area contributed by atoms with Gasteiger partial charge in [0.25, 0.3) is 0 Å². The van der Waals surface area contributed by atoms with Gasteiger partial charge in [0.2, 0.25) is 0 Å². The van der Waals surface area contributed by atoms with Crippen molar-refractivity contribution in [2.45, 2.75) is 19.8 Å². The van der Waals surface area contributed by atoms with Crippen molar-refractivity contribution in [3.8, 4) is 28.0 Å². The van der Waals surface area contributed by atoms with Crippen molar-refractivity contribution in [2.24, 2.45) is 0 Å². The molecule has 0 heterocycles. The lowest BCUT2D eigenvalue weighted by Gasteiger charge is -2.22. The molecule has 25 heavy (non-hydrogen) atoms. The SMILES string of the molecule is CC(C)c1c(OP(O)O)ccc(-c2ccccc2)c1-c1ccccc1. The van der Waals surface area contributed by atoms with Crippen LogP contribution in [0.2, 0.25) is 0 Å². The molecule has 3 rings (SSSR count). The smallest absolute Gasteiger partial charge is 0.391 e. The van der Waals surface area contributed by atoms with Crippen LogP contribution in [-0.2, 0) is 0 Å². The normalized spacial score (nSPS) is 11.1. The lowest BCUT2D eigenvalue weighted by Crippen LogP contribution is -2.00. The van der Waals surface area contributed by atoms with Gasteiger partial charge in [-0.2, -0.15) is 0 Å². The Morgan fingerprint density at radius 2 is 1.32 bits per heavy atom. The second-order valence-corrected chi connectivity index (χ2v) is 6.82. The van der Waals surface area contributed by atoms with Crippen LogP contribution in [0.1, 0.15) is 25.3 Å². The van der Waals surface area contributed by atoms with Crippen LogP contribution in [0, 0.1) is 0 Å². The van der Waals surface area contributed by atoms with E-state index in [1.807, 2.05) is 48.5 Å². The van der Waals surface area contributed by atoms with Crippen molar-refractivity contribution in [1.29, 1.82) is 0 Å². The first-order valence-corrected chi connectivity index (χ1v) is 9.38. The molecule has 4 heteroatoms. The summed E-state index contributed by atoms with van der Waals surface area (Å²) in [4.78, 5) is 18.7. The fourth-order valence-corrected chi connectivity index (χ4v) is 3.45. The molecule has 0 aromatic heterocycles. The number of hydrogen-bond acceptors (Lipinski definition) is 3. The Kier molecular flexibility index (Phi) is 5.50. The monoisotopic (exact) mass is 352 g/mol. The van der Waals surface area contributed by atoms with Crippen LogP contribution < -0.4 is 4.52 Å². The molecule has 3 nitrogen and oxygen atoms in total. The van der Waals surface area contributed by atoms with E-state index in [0.717, 1.165) is 27.8 Å². The van der Waals surface area contributed by atoms with E-state index in [-0.39, 0.29) is 5.92 Å². The largest absolute Gasteiger partial charge is 0.427 e. The third-order valence-corrected chi connectivity index (χ3v) is 4.47. The highest BCUT2D eigenvalue weighted by molar-refractivity contribution is 7.39. The summed E-state index contributed by atoms with van der Waals surface area (Å²) in [7, 11) is -2.46. The molecular formula is C21H21O3P. The zero-order valence-corrected chi connectivity index (χ0v) is 15.1. The second-order valence-electron chi connectivity index (χ2n) is 6.13. The van der Waals surface area contributed by atoms with E-state index in [2.05, 4.69) is 38.1 Å². The van der Waals surface area contributed by atoms with Gasteiger partial charge in [0.05, 0.1) is 0 Å². The summed E-state index contributed by atoms with van der Waals surface area (Å²) in [6, 6.07) is 24.1. The first-order valence-electron chi connectivity index (χ1n) is 8.21. The molecule has 0 saturated heterocycles. The number of hydrogen-bond donors (Lipinski definition) is 2. The summed E-state index contributed by atoms with van der Waals surface area (Å²) < 4.78 is 5.34. The van der Waals surface area contributed by atoms with E-state index in [1.54, 1.807) is 0 Å². The number of rotatable bonds is 5. The van der Waals surface area contributed by atoms with Gasteiger partial charge in [0.15, 0.2) is 0 Å². The highest BCUT2D eigenvalue weighted by Gasteiger charge is 2.21. The summed E-state index contributed by atoms with van der Waals surface area (Å²) >= 11 is 0. The molecule has 0 atom stereocenters. The molecule has 3 aromatic carbocycles. The molecule has 0 aliphatic heterocycles. The van der Waals surface area contributed by atoms with Gasteiger partial charge in [-0.15, -0.1) is 0 Å². The highest BCUT2D eigenvalue weighted by Crippen LogP contribution is 2.45. The Bertz CT molecular complexity index is 831. The van der Waals surface area contributed by atoms with Gasteiger partial charge in [-0.1, -0.05) is 80.6 Å². The quantitative estimate of drug-likeness (QED) is 0.576. The zero-order chi connectivity index (χ0) is 17.8. The van der Waals surface area contributed by atoms with Gasteiger partial charge in [-0.05, 0) is 34.2 Å². The summed E-state index contributed by atoms with van der Waals surface area (Å²) in [5.41, 5.74) is 5.34. The fraction of sp³-hybridized carbons (Fsp3) is 0.143. The fourth-order valence-electron chi connectivity index (χ4n) is 3.12. The average molecular weight is 352 g/mol. The highest BCUT2D eigenvalue weighted by atomic mass is 31.2. The summed E-state index contributed by atoms with van der Waals surface area (Å²) in [5.74, 6) is 0.675. The zero-order valence-electron chi connectivity index (χ0n) is 14.3. The maximum Gasteiger partial charge on any atom is 0.391 e. The van der Waals surface area contributed by atoms with E-state index >= 15 is 0 Å². The molecule has 0 aliphatic rings. The molecule has 0 fully saturated rings. The Balaban J connectivity index is 2.31. The molecule has 0 spiro atoms. The van der Waals surface area contributed by atoms with Crippen LogP contribution >= 0.6 is 8.60 Å². The molecule has 0 unspecified atom stereocenters. The molecule has 0 bridgehead atoms. The molecule has 0 amide bonds. The molecule has 128 valence electrons. The first kappa shape index (κ1) is 17.6. The van der Waals surface area contributed by atoms with E-state index in [1.165, 1.54) is 0 Å². The van der Waals surface area contributed by atoms with Crippen molar-refractivity contribution >= 4 is 8.60 Å². The Hall–Kier alpha value is -2.19. The minimum absolute atomic E-state index is 0.156. The predicted molar refractivity (Wildman–Crippen MR) is 103 cm³/mol. The predicted octanol–water partition coefficient (Wildman–Crippen LogP) is 5.73. The Morgan fingerprint density at radius 1 is 0.760 bits per heavy atom. The molecule has 3 aromatic rings. The van der Waals surface area contributed by atoms with Gasteiger partial charge in [-0.3, -0.25) is 0 Å². The molecule has 0 aliphatic carbocycles. The summed E-state index contributed by atoms with van der Waals surface area (Å²) in [5, 5.41) is 0. The maximum atomic E-state index is 9.36. The standard InChI is InChI=1S/C21H21O3P/c1-15(2)20-19(24-25(22)23)14-13-18(16-9-5-3-6-10-16)21(20)17-11-7-4-8-12-17/h3-15,22-23H,1-2H3. The molecule has 0 saturated carbocycles. The Morgan fingerprint density at radius 3 is 1.84 bits per heavy atom. The lowest BCUT2D eigenvalue weighted by molar-refractivity contribution is 0.373. The van der Waals surface area contributed by atoms with Crippen LogP contribution in [0.25, 0.3) is 22.3 Å². The maximum absolute atomic E-state index is 9.36. The van der Waals surface area contributed by atoms with Crippen molar-refractivity contribution in [3.05, 3.63) is 78.4 Å².